The molecule has 5 heteroatoms. The minimum atomic E-state index is -0.230. The molecule has 0 aliphatic rings. The lowest BCUT2D eigenvalue weighted by molar-refractivity contribution is 0.102. The van der Waals surface area contributed by atoms with E-state index in [-0.39, 0.29) is 5.91 Å². The summed E-state index contributed by atoms with van der Waals surface area (Å²) in [6.45, 7) is 3.94. The number of hydrogen-bond acceptors (Lipinski definition) is 4. The molecule has 28 heavy (non-hydrogen) atoms. The topological polar surface area (TPSA) is 64.4 Å². The van der Waals surface area contributed by atoms with E-state index in [1.54, 1.807) is 25.3 Å². The standard InChI is InChI=1S/C23H20N2O3/c1-14-8-6-13-20-21(14)25-23(28-20)16-10-7-11-18(15(16)2)24-22(26)17-9-4-5-12-19(17)27-3/h4-13H,1-3H3,(H,24,26). The number of oxazole rings is 1. The Bertz CT molecular complexity index is 1180. The average molecular weight is 372 g/mol. The fourth-order valence-corrected chi connectivity index (χ4v) is 3.23. The smallest absolute Gasteiger partial charge is 0.259 e. The van der Waals surface area contributed by atoms with Crippen molar-refractivity contribution >= 4 is 22.7 Å². The summed E-state index contributed by atoms with van der Waals surface area (Å²) in [7, 11) is 1.55. The molecular weight excluding hydrogens is 352 g/mol. The number of benzene rings is 3. The van der Waals surface area contributed by atoms with Gasteiger partial charge in [-0.3, -0.25) is 4.79 Å². The minimum Gasteiger partial charge on any atom is -0.496 e. The SMILES string of the molecule is COc1ccccc1C(=O)Nc1cccc(-c2nc3c(C)cccc3o2)c1C. The Morgan fingerprint density at radius 2 is 1.79 bits per heavy atom. The van der Waals surface area contributed by atoms with Gasteiger partial charge in [-0.1, -0.05) is 30.3 Å². The summed E-state index contributed by atoms with van der Waals surface area (Å²) in [5, 5.41) is 2.97. The molecule has 0 bridgehead atoms. The zero-order valence-corrected chi connectivity index (χ0v) is 15.9. The van der Waals surface area contributed by atoms with Crippen LogP contribution in [0.15, 0.2) is 65.1 Å². The number of aromatic nitrogens is 1. The third-order valence-corrected chi connectivity index (χ3v) is 4.78. The molecule has 0 radical (unpaired) electrons. The first-order valence-corrected chi connectivity index (χ1v) is 8.99. The van der Waals surface area contributed by atoms with E-state index < -0.39 is 0 Å². The number of rotatable bonds is 4. The van der Waals surface area contributed by atoms with E-state index in [2.05, 4.69) is 10.3 Å². The molecule has 4 rings (SSSR count). The molecule has 3 aromatic carbocycles. The van der Waals surface area contributed by atoms with Crippen LogP contribution in [0.4, 0.5) is 5.69 Å². The lowest BCUT2D eigenvalue weighted by atomic mass is 10.1. The maximum Gasteiger partial charge on any atom is 0.259 e. The second-order valence-electron chi connectivity index (χ2n) is 6.57. The van der Waals surface area contributed by atoms with E-state index in [0.717, 1.165) is 27.8 Å². The van der Waals surface area contributed by atoms with Crippen molar-refractivity contribution in [3.63, 3.8) is 0 Å². The number of para-hydroxylation sites is 2. The van der Waals surface area contributed by atoms with Crippen molar-refractivity contribution in [1.82, 2.24) is 4.98 Å². The normalized spacial score (nSPS) is 10.8. The molecule has 0 saturated heterocycles. The summed E-state index contributed by atoms with van der Waals surface area (Å²) in [6, 6.07) is 18.7. The van der Waals surface area contributed by atoms with Gasteiger partial charge < -0.3 is 14.5 Å². The van der Waals surface area contributed by atoms with Crippen LogP contribution in [0.1, 0.15) is 21.5 Å². The summed E-state index contributed by atoms with van der Waals surface area (Å²) < 4.78 is 11.2. The Kier molecular flexibility index (Phi) is 4.57. The molecule has 140 valence electrons. The molecule has 1 N–H and O–H groups in total. The van der Waals surface area contributed by atoms with Crippen LogP contribution in [0.25, 0.3) is 22.6 Å². The third-order valence-electron chi connectivity index (χ3n) is 4.78. The van der Waals surface area contributed by atoms with Gasteiger partial charge in [0, 0.05) is 11.3 Å². The molecule has 0 fully saturated rings. The molecule has 0 atom stereocenters. The van der Waals surface area contributed by atoms with Crippen molar-refractivity contribution in [2.75, 3.05) is 12.4 Å². The van der Waals surface area contributed by atoms with Gasteiger partial charge in [0.1, 0.15) is 11.3 Å². The van der Waals surface area contributed by atoms with Crippen LogP contribution in [0.5, 0.6) is 5.75 Å². The molecule has 0 saturated carbocycles. The largest absolute Gasteiger partial charge is 0.496 e. The van der Waals surface area contributed by atoms with Crippen LogP contribution in [0.3, 0.4) is 0 Å². The Hall–Kier alpha value is -3.60. The number of fused-ring (bicyclic) bond motifs is 1. The van der Waals surface area contributed by atoms with E-state index in [4.69, 9.17) is 9.15 Å². The number of methoxy groups -OCH3 is 1. The second kappa shape index (κ2) is 7.19. The highest BCUT2D eigenvalue weighted by Gasteiger charge is 2.17. The molecule has 0 aliphatic heterocycles. The van der Waals surface area contributed by atoms with E-state index in [0.29, 0.717) is 22.9 Å². The summed E-state index contributed by atoms with van der Waals surface area (Å²) >= 11 is 0. The van der Waals surface area contributed by atoms with Gasteiger partial charge in [-0.25, -0.2) is 4.98 Å². The summed E-state index contributed by atoms with van der Waals surface area (Å²) in [5.74, 6) is 0.838. The predicted octanol–water partition coefficient (Wildman–Crippen LogP) is 5.37. The lowest BCUT2D eigenvalue weighted by Crippen LogP contribution is -2.14. The van der Waals surface area contributed by atoms with E-state index in [9.17, 15) is 4.79 Å². The fourth-order valence-electron chi connectivity index (χ4n) is 3.23. The Balaban J connectivity index is 1.70. The number of nitrogens with one attached hydrogen (secondary N) is 1. The molecule has 0 aliphatic carbocycles. The number of aryl methyl sites for hydroxylation is 1. The molecule has 5 nitrogen and oxygen atoms in total. The highest BCUT2D eigenvalue weighted by molar-refractivity contribution is 6.06. The van der Waals surface area contributed by atoms with Crippen LogP contribution in [0.2, 0.25) is 0 Å². The number of anilines is 1. The lowest BCUT2D eigenvalue weighted by Gasteiger charge is -2.12. The summed E-state index contributed by atoms with van der Waals surface area (Å²) in [5.41, 5.74) is 5.56. The quantitative estimate of drug-likeness (QED) is 0.523. The van der Waals surface area contributed by atoms with Gasteiger partial charge in [0.15, 0.2) is 5.58 Å². The number of carbonyl (C=O) groups excluding carboxylic acids is 1. The van der Waals surface area contributed by atoms with Gasteiger partial charge in [-0.2, -0.15) is 0 Å². The highest BCUT2D eigenvalue weighted by Crippen LogP contribution is 2.32. The number of hydrogen-bond donors (Lipinski definition) is 1. The van der Waals surface area contributed by atoms with Gasteiger partial charge in [0.05, 0.1) is 12.7 Å². The van der Waals surface area contributed by atoms with Crippen LogP contribution in [-0.4, -0.2) is 18.0 Å². The Morgan fingerprint density at radius 3 is 2.57 bits per heavy atom. The van der Waals surface area contributed by atoms with E-state index >= 15 is 0 Å². The van der Waals surface area contributed by atoms with Gasteiger partial charge in [-0.05, 0) is 55.3 Å². The predicted molar refractivity (Wildman–Crippen MR) is 110 cm³/mol. The first kappa shape index (κ1) is 17.8. The van der Waals surface area contributed by atoms with Gasteiger partial charge in [0.2, 0.25) is 5.89 Å². The Labute approximate surface area is 163 Å². The zero-order valence-electron chi connectivity index (χ0n) is 15.9. The molecule has 1 heterocycles. The van der Waals surface area contributed by atoms with Crippen molar-refractivity contribution in [2.45, 2.75) is 13.8 Å². The molecule has 1 amide bonds. The number of ether oxygens (including phenoxy) is 1. The molecule has 0 unspecified atom stereocenters. The second-order valence-corrected chi connectivity index (χ2v) is 6.57. The van der Waals surface area contributed by atoms with Crippen molar-refractivity contribution < 1.29 is 13.9 Å². The molecule has 1 aromatic heterocycles. The summed E-state index contributed by atoms with van der Waals surface area (Å²) in [4.78, 5) is 17.4. The summed E-state index contributed by atoms with van der Waals surface area (Å²) in [6.07, 6.45) is 0. The van der Waals surface area contributed by atoms with Crippen LogP contribution < -0.4 is 10.1 Å². The zero-order chi connectivity index (χ0) is 19.7. The monoisotopic (exact) mass is 372 g/mol. The van der Waals surface area contributed by atoms with Crippen LogP contribution in [0, 0.1) is 13.8 Å². The maximum atomic E-state index is 12.7. The van der Waals surface area contributed by atoms with Crippen molar-refractivity contribution in [2.24, 2.45) is 0 Å². The van der Waals surface area contributed by atoms with E-state index in [1.807, 2.05) is 56.3 Å². The van der Waals surface area contributed by atoms with Crippen molar-refractivity contribution in [1.29, 1.82) is 0 Å². The number of nitrogens with zero attached hydrogens (tertiary/aromatic N) is 1. The first-order chi connectivity index (χ1) is 13.6. The molecular formula is C23H20N2O3. The maximum absolute atomic E-state index is 12.7. The van der Waals surface area contributed by atoms with Crippen LogP contribution in [-0.2, 0) is 0 Å². The Morgan fingerprint density at radius 1 is 1.00 bits per heavy atom. The number of carbonyl (C=O) groups is 1. The first-order valence-electron chi connectivity index (χ1n) is 8.99. The molecule has 0 spiro atoms. The highest BCUT2D eigenvalue weighted by atomic mass is 16.5. The van der Waals surface area contributed by atoms with Gasteiger partial charge >= 0.3 is 0 Å². The van der Waals surface area contributed by atoms with E-state index in [1.165, 1.54) is 0 Å². The van der Waals surface area contributed by atoms with Gasteiger partial charge in [0.25, 0.3) is 5.91 Å². The van der Waals surface area contributed by atoms with Crippen LogP contribution >= 0.6 is 0 Å². The third kappa shape index (κ3) is 3.11. The molecule has 4 aromatic rings. The average Bonchev–Trinajstić information content (AvgIpc) is 3.15. The minimum absolute atomic E-state index is 0.230. The van der Waals surface area contributed by atoms with Crippen molar-refractivity contribution in [3.8, 4) is 17.2 Å². The van der Waals surface area contributed by atoms with Gasteiger partial charge in [-0.15, -0.1) is 0 Å². The number of amides is 1. The fraction of sp³-hybridized carbons (Fsp3) is 0.130. The van der Waals surface area contributed by atoms with Crippen molar-refractivity contribution in [3.05, 3.63) is 77.4 Å².